The van der Waals surface area contributed by atoms with E-state index in [1.165, 1.54) is 0 Å². The molecule has 6 nitrogen and oxygen atoms in total. The number of ether oxygens (including phenoxy) is 1. The molecule has 1 aromatic carbocycles. The fraction of sp³-hybridized carbons (Fsp3) is 0.375. The Morgan fingerprint density at radius 1 is 1.32 bits per heavy atom. The Labute approximate surface area is 129 Å². The van der Waals surface area contributed by atoms with Crippen molar-refractivity contribution in [1.29, 1.82) is 0 Å². The van der Waals surface area contributed by atoms with Gasteiger partial charge in [-0.15, -0.1) is 0 Å². The van der Waals surface area contributed by atoms with Crippen LogP contribution in [0.2, 0.25) is 0 Å². The van der Waals surface area contributed by atoms with Crippen molar-refractivity contribution < 1.29 is 14.1 Å². The molecule has 0 fully saturated rings. The van der Waals surface area contributed by atoms with E-state index >= 15 is 0 Å². The molecule has 22 heavy (non-hydrogen) atoms. The second-order valence-corrected chi connectivity index (χ2v) is 4.95. The van der Waals surface area contributed by atoms with Gasteiger partial charge in [0.2, 0.25) is 0 Å². The molecule has 0 atom stereocenters. The quantitative estimate of drug-likeness (QED) is 0.767. The minimum Gasteiger partial charge on any atom is -0.383 e. The zero-order valence-corrected chi connectivity index (χ0v) is 13.1. The third-order valence-electron chi connectivity index (χ3n) is 3.40. The van der Waals surface area contributed by atoms with Crippen molar-refractivity contribution >= 4 is 11.6 Å². The molecule has 2 N–H and O–H groups in total. The van der Waals surface area contributed by atoms with Gasteiger partial charge in [0, 0.05) is 31.5 Å². The highest BCUT2D eigenvalue weighted by Crippen LogP contribution is 2.18. The Morgan fingerprint density at radius 3 is 2.77 bits per heavy atom. The van der Waals surface area contributed by atoms with Crippen molar-refractivity contribution in [2.24, 2.45) is 0 Å². The van der Waals surface area contributed by atoms with Crippen molar-refractivity contribution in [3.63, 3.8) is 0 Å². The third kappa shape index (κ3) is 3.85. The molecule has 0 aliphatic rings. The first-order valence-corrected chi connectivity index (χ1v) is 7.15. The van der Waals surface area contributed by atoms with Crippen LogP contribution >= 0.6 is 0 Å². The summed E-state index contributed by atoms with van der Waals surface area (Å²) in [7, 11) is 1.60. The number of aryl methyl sites for hydroxylation is 2. The van der Waals surface area contributed by atoms with Crippen LogP contribution in [0.15, 0.2) is 28.8 Å². The Kier molecular flexibility index (Phi) is 5.55. The molecule has 0 saturated carbocycles. The van der Waals surface area contributed by atoms with Gasteiger partial charge in [-0.2, -0.15) is 0 Å². The zero-order valence-electron chi connectivity index (χ0n) is 13.1. The average Bonchev–Trinajstić information content (AvgIpc) is 2.84. The fourth-order valence-corrected chi connectivity index (χ4v) is 2.14. The van der Waals surface area contributed by atoms with Gasteiger partial charge in [0.25, 0.3) is 5.91 Å². The van der Waals surface area contributed by atoms with E-state index in [9.17, 15) is 4.79 Å². The molecule has 0 aliphatic carbocycles. The van der Waals surface area contributed by atoms with Crippen molar-refractivity contribution in [1.82, 2.24) is 10.5 Å². The van der Waals surface area contributed by atoms with Crippen LogP contribution in [0.25, 0.3) is 0 Å². The van der Waals surface area contributed by atoms with Gasteiger partial charge in [-0.05, 0) is 26.0 Å². The summed E-state index contributed by atoms with van der Waals surface area (Å²) >= 11 is 0. The number of methoxy groups -OCH3 is 1. The van der Waals surface area contributed by atoms with Gasteiger partial charge >= 0.3 is 0 Å². The molecule has 0 unspecified atom stereocenters. The van der Waals surface area contributed by atoms with Crippen LogP contribution < -0.4 is 10.6 Å². The van der Waals surface area contributed by atoms with E-state index in [4.69, 9.17) is 9.26 Å². The van der Waals surface area contributed by atoms with Crippen LogP contribution in [-0.4, -0.2) is 31.3 Å². The highest BCUT2D eigenvalue weighted by atomic mass is 16.5. The molecule has 0 saturated heterocycles. The Balaban J connectivity index is 2.06. The summed E-state index contributed by atoms with van der Waals surface area (Å²) in [4.78, 5) is 12.2. The van der Waals surface area contributed by atoms with Crippen molar-refractivity contribution in [2.75, 3.05) is 25.6 Å². The molecule has 0 spiro atoms. The third-order valence-corrected chi connectivity index (χ3v) is 3.40. The highest BCUT2D eigenvalue weighted by Gasteiger charge is 2.12. The Bertz CT molecular complexity index is 618. The summed E-state index contributed by atoms with van der Waals surface area (Å²) in [5.74, 6) is 0.658. The monoisotopic (exact) mass is 303 g/mol. The van der Waals surface area contributed by atoms with Crippen molar-refractivity contribution in [3.05, 3.63) is 46.8 Å². The topological polar surface area (TPSA) is 76.4 Å². The average molecular weight is 303 g/mol. The zero-order chi connectivity index (χ0) is 15.9. The number of carbonyl (C=O) groups excluding carboxylic acids is 1. The number of nitrogens with one attached hydrogen (secondary N) is 2. The first-order chi connectivity index (χ1) is 10.6. The van der Waals surface area contributed by atoms with E-state index in [1.807, 2.05) is 32.0 Å². The molecule has 2 rings (SSSR count). The number of carbonyl (C=O) groups is 1. The summed E-state index contributed by atoms with van der Waals surface area (Å²) < 4.78 is 10.1. The van der Waals surface area contributed by atoms with Gasteiger partial charge in [0.1, 0.15) is 5.76 Å². The van der Waals surface area contributed by atoms with Crippen LogP contribution in [0.4, 0.5) is 5.69 Å². The van der Waals surface area contributed by atoms with E-state index in [0.717, 1.165) is 22.7 Å². The molecular formula is C16H21N3O3. The number of amides is 1. The van der Waals surface area contributed by atoms with E-state index < -0.39 is 0 Å². The summed E-state index contributed by atoms with van der Waals surface area (Å²) in [5, 5.41) is 10.0. The van der Waals surface area contributed by atoms with Crippen LogP contribution in [0.1, 0.15) is 27.4 Å². The number of benzene rings is 1. The lowest BCUT2D eigenvalue weighted by molar-refractivity contribution is 0.0938. The molecule has 2 aromatic rings. The van der Waals surface area contributed by atoms with Crippen LogP contribution in [0.5, 0.6) is 0 Å². The number of hydrogen-bond acceptors (Lipinski definition) is 5. The second kappa shape index (κ2) is 7.61. The van der Waals surface area contributed by atoms with Crippen LogP contribution in [0, 0.1) is 13.8 Å². The number of para-hydroxylation sites is 1. The van der Waals surface area contributed by atoms with Gasteiger partial charge in [-0.3, -0.25) is 4.79 Å². The first-order valence-electron chi connectivity index (χ1n) is 7.15. The molecule has 1 amide bonds. The fourth-order valence-electron chi connectivity index (χ4n) is 2.14. The van der Waals surface area contributed by atoms with Crippen molar-refractivity contribution in [3.8, 4) is 0 Å². The lowest BCUT2D eigenvalue weighted by Gasteiger charge is -2.12. The Hall–Kier alpha value is -2.34. The first kappa shape index (κ1) is 16.0. The van der Waals surface area contributed by atoms with Gasteiger partial charge < -0.3 is 19.9 Å². The van der Waals surface area contributed by atoms with Crippen LogP contribution in [0.3, 0.4) is 0 Å². The lowest BCUT2D eigenvalue weighted by atomic mass is 10.1. The number of rotatable bonds is 7. The predicted molar refractivity (Wildman–Crippen MR) is 84.0 cm³/mol. The maximum atomic E-state index is 12.2. The minimum absolute atomic E-state index is 0.126. The van der Waals surface area contributed by atoms with Crippen LogP contribution in [-0.2, 0) is 11.3 Å². The minimum atomic E-state index is -0.126. The normalized spacial score (nSPS) is 10.5. The van der Waals surface area contributed by atoms with Gasteiger partial charge in [0.05, 0.1) is 17.9 Å². The Morgan fingerprint density at radius 2 is 2.09 bits per heavy atom. The molecule has 0 aliphatic heterocycles. The van der Waals surface area contributed by atoms with E-state index in [1.54, 1.807) is 13.2 Å². The maximum Gasteiger partial charge on any atom is 0.253 e. The number of aromatic nitrogens is 1. The highest BCUT2D eigenvalue weighted by molar-refractivity contribution is 5.99. The van der Waals surface area contributed by atoms with Gasteiger partial charge in [-0.1, -0.05) is 17.3 Å². The molecule has 1 aromatic heterocycles. The standard InChI is InChI=1S/C16H21N3O3/c1-11-14(12(2)22-19-11)10-18-15-7-5-4-6-13(15)16(20)17-8-9-21-3/h4-7,18H,8-10H2,1-3H3,(H,17,20). The van der Waals surface area contributed by atoms with Gasteiger partial charge in [-0.25, -0.2) is 0 Å². The maximum absolute atomic E-state index is 12.2. The number of anilines is 1. The van der Waals surface area contributed by atoms with Crippen molar-refractivity contribution in [2.45, 2.75) is 20.4 Å². The largest absolute Gasteiger partial charge is 0.383 e. The summed E-state index contributed by atoms with van der Waals surface area (Å²) in [6.07, 6.45) is 0. The summed E-state index contributed by atoms with van der Waals surface area (Å²) in [5.41, 5.74) is 3.24. The number of hydrogen-bond donors (Lipinski definition) is 2. The lowest BCUT2D eigenvalue weighted by Crippen LogP contribution is -2.27. The smallest absolute Gasteiger partial charge is 0.253 e. The summed E-state index contributed by atoms with van der Waals surface area (Å²) in [6.45, 7) is 5.30. The van der Waals surface area contributed by atoms with E-state index in [0.29, 0.717) is 25.3 Å². The molecule has 0 radical (unpaired) electrons. The predicted octanol–water partition coefficient (Wildman–Crippen LogP) is 2.28. The van der Waals surface area contributed by atoms with E-state index in [-0.39, 0.29) is 5.91 Å². The second-order valence-electron chi connectivity index (χ2n) is 4.95. The molecule has 1 heterocycles. The molecule has 0 bridgehead atoms. The molecule has 6 heteroatoms. The van der Waals surface area contributed by atoms with E-state index in [2.05, 4.69) is 15.8 Å². The number of nitrogens with zero attached hydrogens (tertiary/aromatic N) is 1. The van der Waals surface area contributed by atoms with Gasteiger partial charge in [0.15, 0.2) is 0 Å². The molecule has 118 valence electrons. The SMILES string of the molecule is COCCNC(=O)c1ccccc1NCc1c(C)noc1C. The summed E-state index contributed by atoms with van der Waals surface area (Å²) in [6, 6.07) is 7.40. The molecular weight excluding hydrogens is 282 g/mol.